The van der Waals surface area contributed by atoms with Gasteiger partial charge >= 0.3 is 0 Å². The number of pyridine rings is 1. The normalized spacial score (nSPS) is 12.9. The SMILES string of the molecule is COc1cccc(CN(C)C(C)CO)n1. The van der Waals surface area contributed by atoms with Crippen molar-refractivity contribution in [3.05, 3.63) is 23.9 Å². The number of methoxy groups -OCH3 is 1. The van der Waals surface area contributed by atoms with Crippen LogP contribution in [0.1, 0.15) is 12.6 Å². The monoisotopic (exact) mass is 210 g/mol. The number of ether oxygens (including phenoxy) is 1. The van der Waals surface area contributed by atoms with E-state index in [9.17, 15) is 0 Å². The van der Waals surface area contributed by atoms with Gasteiger partial charge in [0.2, 0.25) is 5.88 Å². The number of hydrogen-bond acceptors (Lipinski definition) is 4. The van der Waals surface area contributed by atoms with Gasteiger partial charge in [-0.15, -0.1) is 0 Å². The minimum atomic E-state index is 0.137. The Morgan fingerprint density at radius 2 is 2.27 bits per heavy atom. The van der Waals surface area contributed by atoms with Crippen LogP contribution in [0.25, 0.3) is 0 Å². The molecule has 0 bridgehead atoms. The van der Waals surface area contributed by atoms with Crippen molar-refractivity contribution >= 4 is 0 Å². The highest BCUT2D eigenvalue weighted by molar-refractivity contribution is 5.15. The van der Waals surface area contributed by atoms with E-state index < -0.39 is 0 Å². The number of aromatic nitrogens is 1. The molecule has 15 heavy (non-hydrogen) atoms. The van der Waals surface area contributed by atoms with Crippen molar-refractivity contribution in [2.75, 3.05) is 20.8 Å². The van der Waals surface area contributed by atoms with E-state index >= 15 is 0 Å². The van der Waals surface area contributed by atoms with Gasteiger partial charge in [-0.1, -0.05) is 6.07 Å². The summed E-state index contributed by atoms with van der Waals surface area (Å²) in [5, 5.41) is 9.00. The topological polar surface area (TPSA) is 45.6 Å². The molecule has 1 rings (SSSR count). The van der Waals surface area contributed by atoms with Gasteiger partial charge in [-0.25, -0.2) is 4.98 Å². The highest BCUT2D eigenvalue weighted by Gasteiger charge is 2.09. The van der Waals surface area contributed by atoms with Crippen molar-refractivity contribution in [1.82, 2.24) is 9.88 Å². The highest BCUT2D eigenvalue weighted by Crippen LogP contribution is 2.09. The molecular weight excluding hydrogens is 192 g/mol. The van der Waals surface area contributed by atoms with Crippen LogP contribution in [0, 0.1) is 0 Å². The first kappa shape index (κ1) is 11.9. The molecule has 1 atom stereocenters. The molecular formula is C11H18N2O2. The number of rotatable bonds is 5. The maximum Gasteiger partial charge on any atom is 0.213 e. The largest absolute Gasteiger partial charge is 0.481 e. The van der Waals surface area contributed by atoms with Crippen LogP contribution in [0.15, 0.2) is 18.2 Å². The fourth-order valence-corrected chi connectivity index (χ4v) is 1.21. The van der Waals surface area contributed by atoms with Gasteiger partial charge in [-0.05, 0) is 20.0 Å². The molecule has 1 heterocycles. The first-order valence-corrected chi connectivity index (χ1v) is 4.98. The van der Waals surface area contributed by atoms with Gasteiger partial charge in [0, 0.05) is 18.7 Å². The molecule has 1 N–H and O–H groups in total. The molecule has 0 saturated carbocycles. The molecule has 0 aliphatic heterocycles. The van der Waals surface area contributed by atoms with Crippen molar-refractivity contribution in [2.45, 2.75) is 19.5 Å². The smallest absolute Gasteiger partial charge is 0.213 e. The Balaban J connectivity index is 2.63. The van der Waals surface area contributed by atoms with Crippen LogP contribution in [-0.4, -0.2) is 41.8 Å². The van der Waals surface area contributed by atoms with E-state index in [1.54, 1.807) is 7.11 Å². The van der Waals surface area contributed by atoms with E-state index in [-0.39, 0.29) is 12.6 Å². The lowest BCUT2D eigenvalue weighted by atomic mass is 10.3. The van der Waals surface area contributed by atoms with E-state index in [2.05, 4.69) is 4.98 Å². The summed E-state index contributed by atoms with van der Waals surface area (Å²) in [6.07, 6.45) is 0. The molecule has 0 aliphatic carbocycles. The van der Waals surface area contributed by atoms with E-state index in [1.807, 2.05) is 37.1 Å². The third-order valence-corrected chi connectivity index (χ3v) is 2.42. The van der Waals surface area contributed by atoms with Gasteiger partial charge in [0.1, 0.15) is 0 Å². The van der Waals surface area contributed by atoms with Gasteiger partial charge in [-0.3, -0.25) is 4.90 Å². The maximum atomic E-state index is 9.00. The van der Waals surface area contributed by atoms with E-state index in [1.165, 1.54) is 0 Å². The van der Waals surface area contributed by atoms with Crippen LogP contribution < -0.4 is 4.74 Å². The molecule has 4 nitrogen and oxygen atoms in total. The number of likely N-dealkylation sites (N-methyl/N-ethyl adjacent to an activating group) is 1. The molecule has 1 aromatic heterocycles. The van der Waals surface area contributed by atoms with Crippen LogP contribution >= 0.6 is 0 Å². The zero-order valence-electron chi connectivity index (χ0n) is 9.47. The van der Waals surface area contributed by atoms with Crippen molar-refractivity contribution < 1.29 is 9.84 Å². The quantitative estimate of drug-likeness (QED) is 0.784. The molecule has 0 fully saturated rings. The molecule has 0 aromatic carbocycles. The van der Waals surface area contributed by atoms with Gasteiger partial charge in [-0.2, -0.15) is 0 Å². The van der Waals surface area contributed by atoms with Gasteiger partial charge in [0.05, 0.1) is 19.4 Å². The van der Waals surface area contributed by atoms with Crippen molar-refractivity contribution in [2.24, 2.45) is 0 Å². The van der Waals surface area contributed by atoms with Crippen LogP contribution in [0.2, 0.25) is 0 Å². The second-order valence-corrected chi connectivity index (χ2v) is 3.62. The predicted octanol–water partition coefficient (Wildman–Crippen LogP) is 0.903. The molecule has 0 amide bonds. The number of nitrogens with zero attached hydrogens (tertiary/aromatic N) is 2. The molecule has 0 saturated heterocycles. The van der Waals surface area contributed by atoms with Gasteiger partial charge in [0.25, 0.3) is 0 Å². The Bertz CT molecular complexity index is 304. The third-order valence-electron chi connectivity index (χ3n) is 2.42. The first-order valence-electron chi connectivity index (χ1n) is 4.98. The molecule has 0 radical (unpaired) electrons. The average Bonchev–Trinajstić information content (AvgIpc) is 2.28. The summed E-state index contributed by atoms with van der Waals surface area (Å²) < 4.78 is 5.04. The Morgan fingerprint density at radius 3 is 2.87 bits per heavy atom. The fourth-order valence-electron chi connectivity index (χ4n) is 1.21. The number of aliphatic hydroxyl groups is 1. The summed E-state index contributed by atoms with van der Waals surface area (Å²) in [6, 6.07) is 5.82. The second kappa shape index (κ2) is 5.68. The minimum absolute atomic E-state index is 0.137. The standard InChI is InChI=1S/C11H18N2O2/c1-9(8-14)13(2)7-10-5-4-6-11(12-10)15-3/h4-6,9,14H,7-8H2,1-3H3. The Hall–Kier alpha value is -1.13. The Labute approximate surface area is 90.5 Å². The van der Waals surface area contributed by atoms with Crippen molar-refractivity contribution in [1.29, 1.82) is 0 Å². The van der Waals surface area contributed by atoms with Crippen LogP contribution in [0.4, 0.5) is 0 Å². The summed E-state index contributed by atoms with van der Waals surface area (Å²) in [6.45, 7) is 2.83. The van der Waals surface area contributed by atoms with Crippen molar-refractivity contribution in [3.8, 4) is 5.88 Å². The zero-order valence-corrected chi connectivity index (χ0v) is 9.47. The summed E-state index contributed by atoms with van der Waals surface area (Å²) >= 11 is 0. The Morgan fingerprint density at radius 1 is 1.53 bits per heavy atom. The van der Waals surface area contributed by atoms with Crippen molar-refractivity contribution in [3.63, 3.8) is 0 Å². The van der Waals surface area contributed by atoms with Crippen LogP contribution in [-0.2, 0) is 6.54 Å². The van der Waals surface area contributed by atoms with Crippen LogP contribution in [0.3, 0.4) is 0 Å². The molecule has 0 spiro atoms. The van der Waals surface area contributed by atoms with Crippen LogP contribution in [0.5, 0.6) is 5.88 Å². The zero-order chi connectivity index (χ0) is 11.3. The van der Waals surface area contributed by atoms with E-state index in [0.29, 0.717) is 12.4 Å². The first-order chi connectivity index (χ1) is 7.17. The van der Waals surface area contributed by atoms with Gasteiger partial charge in [0.15, 0.2) is 0 Å². The van der Waals surface area contributed by atoms with Gasteiger partial charge < -0.3 is 9.84 Å². The summed E-state index contributed by atoms with van der Waals surface area (Å²) in [5.41, 5.74) is 0.942. The van der Waals surface area contributed by atoms with E-state index in [4.69, 9.17) is 9.84 Å². The summed E-state index contributed by atoms with van der Waals surface area (Å²) in [7, 11) is 3.56. The lowest BCUT2D eigenvalue weighted by Gasteiger charge is -2.22. The summed E-state index contributed by atoms with van der Waals surface area (Å²) in [5.74, 6) is 0.623. The average molecular weight is 210 g/mol. The number of hydrogen-bond donors (Lipinski definition) is 1. The predicted molar refractivity (Wildman–Crippen MR) is 58.8 cm³/mol. The molecule has 0 aliphatic rings. The molecule has 84 valence electrons. The second-order valence-electron chi connectivity index (χ2n) is 3.62. The fraction of sp³-hybridized carbons (Fsp3) is 0.545. The molecule has 1 unspecified atom stereocenters. The van der Waals surface area contributed by atoms with E-state index in [0.717, 1.165) is 5.69 Å². The maximum absolute atomic E-state index is 9.00. The lowest BCUT2D eigenvalue weighted by molar-refractivity contribution is 0.152. The molecule has 1 aromatic rings. The Kier molecular flexibility index (Phi) is 4.52. The highest BCUT2D eigenvalue weighted by atomic mass is 16.5. The summed E-state index contributed by atoms with van der Waals surface area (Å²) in [4.78, 5) is 6.35. The minimum Gasteiger partial charge on any atom is -0.481 e. The lowest BCUT2D eigenvalue weighted by Crippen LogP contribution is -2.31. The third kappa shape index (κ3) is 3.49. The molecule has 4 heteroatoms. The number of aliphatic hydroxyl groups excluding tert-OH is 1.